The quantitative estimate of drug-likeness (QED) is 0.394. The van der Waals surface area contributed by atoms with Gasteiger partial charge in [-0.25, -0.2) is 4.57 Å². The van der Waals surface area contributed by atoms with Gasteiger partial charge in [0.1, 0.15) is 5.75 Å². The zero-order valence-corrected chi connectivity index (χ0v) is 12.0. The Morgan fingerprint density at radius 3 is 1.75 bits per heavy atom. The number of nitrogens with two attached hydrogens (primary N) is 1. The summed E-state index contributed by atoms with van der Waals surface area (Å²) in [5.41, 5.74) is 3.94. The van der Waals surface area contributed by atoms with Crippen LogP contribution in [0.1, 0.15) is 0 Å². The van der Waals surface area contributed by atoms with Crippen molar-refractivity contribution in [2.45, 2.75) is 5.54 Å². The van der Waals surface area contributed by atoms with Crippen molar-refractivity contribution in [3.05, 3.63) is 29.3 Å². The lowest BCUT2D eigenvalue weighted by atomic mass is 10.1. The molecular weight excluding hydrogens is 313 g/mol. The van der Waals surface area contributed by atoms with Crippen LogP contribution in [0.15, 0.2) is 24.3 Å². The van der Waals surface area contributed by atoms with Crippen LogP contribution >= 0.6 is 19.4 Å². The first kappa shape index (κ1) is 19.3. The van der Waals surface area contributed by atoms with Crippen LogP contribution in [0.4, 0.5) is 0 Å². The molecule has 0 amide bonds. The number of halogens is 1. The molecule has 0 heterocycles. The second kappa shape index (κ2) is 8.56. The Morgan fingerprint density at radius 1 is 1.10 bits per heavy atom. The topological polar surface area (TPSA) is 153 Å². The van der Waals surface area contributed by atoms with Gasteiger partial charge in [-0.2, -0.15) is 0 Å². The fourth-order valence-electron chi connectivity index (χ4n) is 0.783. The lowest BCUT2D eigenvalue weighted by Gasteiger charge is -2.20. The Bertz CT molecular complexity index is 423. The molecule has 0 spiro atoms. The monoisotopic (exact) mass is 329 g/mol. The van der Waals surface area contributed by atoms with E-state index in [0.29, 0.717) is 5.02 Å². The van der Waals surface area contributed by atoms with Crippen LogP contribution in [-0.4, -0.2) is 50.5 Å². The van der Waals surface area contributed by atoms with Crippen molar-refractivity contribution >= 4 is 19.4 Å². The van der Waals surface area contributed by atoms with Crippen LogP contribution in [0.2, 0.25) is 5.02 Å². The summed E-state index contributed by atoms with van der Waals surface area (Å²) in [5, 5.41) is 25.5. The van der Waals surface area contributed by atoms with Gasteiger partial charge in [-0.1, -0.05) is 11.6 Å². The van der Waals surface area contributed by atoms with Crippen LogP contribution in [-0.2, 0) is 4.57 Å². The zero-order valence-electron chi connectivity index (χ0n) is 10.4. The number of hydrogen-bond acceptors (Lipinski definition) is 6. The van der Waals surface area contributed by atoms with E-state index in [0.717, 1.165) is 0 Å². The third kappa shape index (κ3) is 8.47. The van der Waals surface area contributed by atoms with Crippen LogP contribution < -0.4 is 10.3 Å². The molecule has 8 nitrogen and oxygen atoms in total. The summed E-state index contributed by atoms with van der Waals surface area (Å²) in [5.74, 6) is 0.0905. The molecule has 7 N–H and O–H groups in total. The van der Waals surface area contributed by atoms with E-state index in [4.69, 9.17) is 42.4 Å². The standard InChI is InChI=1S/C6H6ClO4P.C4H11NO3/c7-5-1-3-6(4-2-5)11-12(8,9)10;5-4(1-6,2-7)3-8/h1-4H,(H2,8,9,10);6-8H,1-3,5H2. The number of rotatable bonds is 5. The molecule has 0 aromatic heterocycles. The van der Waals surface area contributed by atoms with Crippen molar-refractivity contribution in [1.82, 2.24) is 0 Å². The SMILES string of the molecule is NC(CO)(CO)CO.O=P(O)(O)Oc1ccc(Cl)cc1. The third-order valence-corrected chi connectivity index (χ3v) is 2.68. The minimum absolute atomic E-state index is 0.0905. The smallest absolute Gasteiger partial charge is 0.404 e. The first-order valence-corrected chi connectivity index (χ1v) is 7.19. The Hall–Kier alpha value is -0.700. The van der Waals surface area contributed by atoms with Crippen molar-refractivity contribution < 1.29 is 34.2 Å². The number of aliphatic hydroxyl groups is 3. The molecule has 0 saturated heterocycles. The average molecular weight is 330 g/mol. The lowest BCUT2D eigenvalue weighted by Crippen LogP contribution is -2.50. The minimum atomic E-state index is -4.45. The summed E-state index contributed by atoms with van der Waals surface area (Å²) in [6.07, 6.45) is 0. The second-order valence-electron chi connectivity index (χ2n) is 3.87. The molecule has 0 aliphatic rings. The summed E-state index contributed by atoms with van der Waals surface area (Å²) < 4.78 is 14.6. The molecule has 10 heteroatoms. The van der Waals surface area contributed by atoms with Gasteiger partial charge in [-0.05, 0) is 24.3 Å². The van der Waals surface area contributed by atoms with E-state index in [1.165, 1.54) is 24.3 Å². The fourth-order valence-corrected chi connectivity index (χ4v) is 1.31. The summed E-state index contributed by atoms with van der Waals surface area (Å²) >= 11 is 5.53. The summed E-state index contributed by atoms with van der Waals surface area (Å²) in [4.78, 5) is 16.8. The highest BCUT2D eigenvalue weighted by Gasteiger charge is 2.20. The third-order valence-electron chi connectivity index (χ3n) is 1.98. The Balaban J connectivity index is 0.000000396. The average Bonchev–Trinajstić information content (AvgIpc) is 2.40. The highest BCUT2D eigenvalue weighted by molar-refractivity contribution is 7.46. The Labute approximate surface area is 120 Å². The first-order chi connectivity index (χ1) is 9.15. The number of benzene rings is 1. The maximum atomic E-state index is 10.3. The molecule has 20 heavy (non-hydrogen) atoms. The first-order valence-electron chi connectivity index (χ1n) is 5.28. The molecule has 0 aliphatic carbocycles. The van der Waals surface area contributed by atoms with Gasteiger partial charge in [0.15, 0.2) is 0 Å². The molecule has 0 unspecified atom stereocenters. The van der Waals surface area contributed by atoms with Crippen LogP contribution in [0, 0.1) is 0 Å². The summed E-state index contributed by atoms with van der Waals surface area (Å²) in [6, 6.07) is 5.71. The molecule has 0 radical (unpaired) electrons. The van der Waals surface area contributed by atoms with Gasteiger partial charge >= 0.3 is 7.82 Å². The van der Waals surface area contributed by atoms with Crippen molar-refractivity contribution in [1.29, 1.82) is 0 Å². The molecule has 1 aromatic rings. The molecule has 1 aromatic carbocycles. The lowest BCUT2D eigenvalue weighted by molar-refractivity contribution is 0.0697. The normalized spacial score (nSPS) is 11.6. The largest absolute Gasteiger partial charge is 0.524 e. The van der Waals surface area contributed by atoms with Crippen molar-refractivity contribution in [3.8, 4) is 5.75 Å². The predicted molar refractivity (Wildman–Crippen MR) is 72.3 cm³/mol. The van der Waals surface area contributed by atoms with Gasteiger partial charge < -0.3 is 25.6 Å². The predicted octanol–water partition coefficient (Wildman–Crippen LogP) is -0.528. The van der Waals surface area contributed by atoms with Crippen molar-refractivity contribution in [3.63, 3.8) is 0 Å². The van der Waals surface area contributed by atoms with Gasteiger partial charge in [-0.3, -0.25) is 9.79 Å². The van der Waals surface area contributed by atoms with Crippen LogP contribution in [0.3, 0.4) is 0 Å². The van der Waals surface area contributed by atoms with Gasteiger partial charge in [0.2, 0.25) is 0 Å². The van der Waals surface area contributed by atoms with Gasteiger partial charge in [0.05, 0.1) is 25.4 Å². The number of hydrogen-bond donors (Lipinski definition) is 6. The van der Waals surface area contributed by atoms with Crippen molar-refractivity contribution in [2.75, 3.05) is 19.8 Å². The van der Waals surface area contributed by atoms with Crippen molar-refractivity contribution in [2.24, 2.45) is 5.73 Å². The highest BCUT2D eigenvalue weighted by Crippen LogP contribution is 2.37. The minimum Gasteiger partial charge on any atom is -0.404 e. The number of phosphoric ester groups is 1. The molecule has 0 fully saturated rings. The maximum absolute atomic E-state index is 10.3. The fraction of sp³-hybridized carbons (Fsp3) is 0.400. The zero-order chi connectivity index (χ0) is 15.8. The molecular formula is C10H17ClNO7P. The van der Waals surface area contributed by atoms with E-state index >= 15 is 0 Å². The molecule has 116 valence electrons. The molecule has 1 rings (SSSR count). The van der Waals surface area contributed by atoms with E-state index in [-0.39, 0.29) is 5.75 Å². The van der Waals surface area contributed by atoms with Crippen LogP contribution in [0.5, 0.6) is 5.75 Å². The Kier molecular flexibility index (Phi) is 8.26. The highest BCUT2D eigenvalue weighted by atomic mass is 35.5. The molecule has 0 saturated carbocycles. The van der Waals surface area contributed by atoms with E-state index in [1.807, 2.05) is 0 Å². The molecule has 0 aliphatic heterocycles. The van der Waals surface area contributed by atoms with E-state index < -0.39 is 33.2 Å². The van der Waals surface area contributed by atoms with Crippen LogP contribution in [0.25, 0.3) is 0 Å². The molecule has 0 atom stereocenters. The number of phosphoric acid groups is 1. The molecule has 0 bridgehead atoms. The van der Waals surface area contributed by atoms with Gasteiger partial charge in [0, 0.05) is 5.02 Å². The summed E-state index contributed by atoms with van der Waals surface area (Å²) in [6.45, 7) is -1.21. The number of aliphatic hydroxyl groups excluding tert-OH is 3. The maximum Gasteiger partial charge on any atom is 0.524 e. The van der Waals surface area contributed by atoms with Gasteiger partial charge in [-0.15, -0.1) is 0 Å². The Morgan fingerprint density at radius 2 is 1.50 bits per heavy atom. The summed E-state index contributed by atoms with van der Waals surface area (Å²) in [7, 11) is -4.45. The second-order valence-corrected chi connectivity index (χ2v) is 5.47. The van der Waals surface area contributed by atoms with E-state index in [9.17, 15) is 4.57 Å². The van der Waals surface area contributed by atoms with Gasteiger partial charge in [0.25, 0.3) is 0 Å². The van der Waals surface area contributed by atoms with E-state index in [2.05, 4.69) is 4.52 Å². The van der Waals surface area contributed by atoms with E-state index in [1.54, 1.807) is 0 Å².